The van der Waals surface area contributed by atoms with Crippen LogP contribution in [-0.2, 0) is 6.18 Å². The molecule has 0 aliphatic heterocycles. The first kappa shape index (κ1) is 19.8. The second kappa shape index (κ2) is 8.12. The summed E-state index contributed by atoms with van der Waals surface area (Å²) in [5.41, 5.74) is 2.44. The van der Waals surface area contributed by atoms with Gasteiger partial charge in [-0.05, 0) is 46.5 Å². The van der Waals surface area contributed by atoms with Crippen molar-refractivity contribution < 1.29 is 18.3 Å². The lowest BCUT2D eigenvalue weighted by Gasteiger charge is -2.25. The zero-order valence-electron chi connectivity index (χ0n) is 15.7. The van der Waals surface area contributed by atoms with Gasteiger partial charge in [-0.25, -0.2) is 4.98 Å². The van der Waals surface area contributed by atoms with Crippen molar-refractivity contribution in [2.75, 3.05) is 0 Å². The van der Waals surface area contributed by atoms with Gasteiger partial charge in [0.1, 0.15) is 6.10 Å². The fourth-order valence-corrected chi connectivity index (χ4v) is 3.42. The molecule has 7 heteroatoms. The molecule has 2 unspecified atom stereocenters. The van der Waals surface area contributed by atoms with Gasteiger partial charge in [-0.15, -0.1) is 0 Å². The van der Waals surface area contributed by atoms with E-state index in [1.54, 1.807) is 29.4 Å². The third-order valence-electron chi connectivity index (χ3n) is 4.99. The van der Waals surface area contributed by atoms with Crippen molar-refractivity contribution in [3.63, 3.8) is 0 Å². The Morgan fingerprint density at radius 3 is 1.90 bits per heavy atom. The van der Waals surface area contributed by atoms with Crippen LogP contribution in [0.1, 0.15) is 28.8 Å². The first-order valence-corrected chi connectivity index (χ1v) is 9.26. The van der Waals surface area contributed by atoms with Crippen LogP contribution in [0, 0.1) is 0 Å². The van der Waals surface area contributed by atoms with Crippen molar-refractivity contribution in [3.05, 3.63) is 108 Å². The van der Waals surface area contributed by atoms with Crippen LogP contribution >= 0.6 is 0 Å². The molecule has 2 atom stereocenters. The summed E-state index contributed by atoms with van der Waals surface area (Å²) >= 11 is 0. The molecule has 0 fully saturated rings. The van der Waals surface area contributed by atoms with Crippen molar-refractivity contribution in [1.82, 2.24) is 14.5 Å². The third-order valence-corrected chi connectivity index (χ3v) is 4.99. The minimum atomic E-state index is -4.41. The Morgan fingerprint density at radius 2 is 1.33 bits per heavy atom. The van der Waals surface area contributed by atoms with E-state index >= 15 is 0 Å². The zero-order chi connectivity index (χ0) is 21.1. The maximum atomic E-state index is 12.9. The number of aliphatic hydroxyl groups is 1. The van der Waals surface area contributed by atoms with Crippen molar-refractivity contribution in [2.45, 2.75) is 18.3 Å². The molecule has 0 saturated heterocycles. The summed E-state index contributed by atoms with van der Waals surface area (Å²) in [5.74, 6) is 0. The molecule has 0 aliphatic rings. The predicted molar refractivity (Wildman–Crippen MR) is 106 cm³/mol. The van der Waals surface area contributed by atoms with Gasteiger partial charge < -0.3 is 9.67 Å². The molecule has 0 spiro atoms. The molecule has 4 aromatic rings. The van der Waals surface area contributed by atoms with Gasteiger partial charge in [0.05, 0.1) is 17.9 Å². The molecule has 152 valence electrons. The van der Waals surface area contributed by atoms with Crippen molar-refractivity contribution >= 4 is 0 Å². The highest BCUT2D eigenvalue weighted by Gasteiger charge is 2.31. The van der Waals surface area contributed by atoms with Crippen LogP contribution < -0.4 is 0 Å². The normalized spacial score (nSPS) is 13.7. The van der Waals surface area contributed by atoms with E-state index in [0.29, 0.717) is 11.1 Å². The monoisotopic (exact) mass is 409 g/mol. The first-order chi connectivity index (χ1) is 14.4. The van der Waals surface area contributed by atoms with Crippen molar-refractivity contribution in [3.8, 4) is 11.1 Å². The number of hydrogen-bond acceptors (Lipinski definition) is 3. The number of aromatic nitrogens is 3. The lowest BCUT2D eigenvalue weighted by Crippen LogP contribution is -2.18. The number of hydrogen-bond donors (Lipinski definition) is 1. The molecule has 0 saturated carbocycles. The predicted octanol–water partition coefficient (Wildman–Crippen LogP) is 5.29. The number of benzene rings is 2. The van der Waals surface area contributed by atoms with Gasteiger partial charge in [-0.1, -0.05) is 36.4 Å². The van der Waals surface area contributed by atoms with Gasteiger partial charge in [0.2, 0.25) is 0 Å². The van der Waals surface area contributed by atoms with E-state index < -0.39 is 23.9 Å². The Bertz CT molecular complexity index is 1080. The number of pyridine rings is 1. The Morgan fingerprint density at radius 1 is 0.733 bits per heavy atom. The highest BCUT2D eigenvalue weighted by molar-refractivity contribution is 5.63. The highest BCUT2D eigenvalue weighted by Crippen LogP contribution is 2.35. The van der Waals surface area contributed by atoms with E-state index in [1.165, 1.54) is 18.5 Å². The van der Waals surface area contributed by atoms with Gasteiger partial charge in [-0.3, -0.25) is 4.98 Å². The maximum Gasteiger partial charge on any atom is 0.416 e. The summed E-state index contributed by atoms with van der Waals surface area (Å²) in [6.45, 7) is 0. The summed E-state index contributed by atoms with van der Waals surface area (Å²) in [6, 6.07) is 15.4. The zero-order valence-corrected chi connectivity index (χ0v) is 15.7. The van der Waals surface area contributed by atoms with Crippen molar-refractivity contribution in [1.29, 1.82) is 0 Å². The Balaban J connectivity index is 1.66. The van der Waals surface area contributed by atoms with Crippen LogP contribution in [0.3, 0.4) is 0 Å². The molecule has 30 heavy (non-hydrogen) atoms. The Kier molecular flexibility index (Phi) is 5.37. The van der Waals surface area contributed by atoms with Gasteiger partial charge in [0, 0.05) is 24.8 Å². The van der Waals surface area contributed by atoms with Crippen LogP contribution in [0.2, 0.25) is 0 Å². The number of imidazole rings is 1. The molecule has 2 aromatic carbocycles. The number of rotatable bonds is 5. The Labute approximate surface area is 171 Å². The van der Waals surface area contributed by atoms with E-state index in [1.807, 2.05) is 36.4 Å². The second-order valence-electron chi connectivity index (χ2n) is 6.88. The largest absolute Gasteiger partial charge is 0.416 e. The van der Waals surface area contributed by atoms with Crippen LogP contribution in [0.5, 0.6) is 0 Å². The van der Waals surface area contributed by atoms with E-state index in [0.717, 1.165) is 23.3 Å². The number of alkyl halides is 3. The van der Waals surface area contributed by atoms with Crippen LogP contribution in [0.4, 0.5) is 13.2 Å². The molecule has 4 rings (SSSR count). The summed E-state index contributed by atoms with van der Waals surface area (Å²) in [7, 11) is 0. The van der Waals surface area contributed by atoms with Crippen LogP contribution in [-0.4, -0.2) is 19.6 Å². The van der Waals surface area contributed by atoms with Gasteiger partial charge in [-0.2, -0.15) is 13.2 Å². The SMILES string of the molecule is OC(c1ccc(-c2ccncc2)cc1)C(c1ccc(C(F)(F)F)cc1)n1ccnc1. The second-order valence-corrected chi connectivity index (χ2v) is 6.88. The van der Waals surface area contributed by atoms with E-state index in [4.69, 9.17) is 0 Å². The topological polar surface area (TPSA) is 50.9 Å². The van der Waals surface area contributed by atoms with E-state index in [2.05, 4.69) is 9.97 Å². The minimum absolute atomic E-state index is 0.548. The maximum absolute atomic E-state index is 12.9. The number of halogens is 3. The highest BCUT2D eigenvalue weighted by atomic mass is 19.4. The fourth-order valence-electron chi connectivity index (χ4n) is 3.42. The molecule has 0 bridgehead atoms. The van der Waals surface area contributed by atoms with Gasteiger partial charge in [0.15, 0.2) is 0 Å². The lowest BCUT2D eigenvalue weighted by molar-refractivity contribution is -0.137. The van der Waals surface area contributed by atoms with Gasteiger partial charge >= 0.3 is 6.18 Å². The molecule has 2 heterocycles. The molecular formula is C23H18F3N3O. The molecule has 4 nitrogen and oxygen atoms in total. The summed E-state index contributed by atoms with van der Waals surface area (Å²) in [6.07, 6.45) is 2.80. The smallest absolute Gasteiger partial charge is 0.386 e. The fraction of sp³-hybridized carbons (Fsp3) is 0.130. The number of aliphatic hydroxyl groups excluding tert-OH is 1. The van der Waals surface area contributed by atoms with Crippen molar-refractivity contribution in [2.24, 2.45) is 0 Å². The molecule has 0 amide bonds. The number of nitrogens with zero attached hydrogens (tertiary/aromatic N) is 3. The standard InChI is InChI=1S/C23H18F3N3O/c24-23(25,26)20-7-5-18(6-8-20)21(29-14-13-28-15-29)22(30)19-3-1-16(2-4-19)17-9-11-27-12-10-17/h1-15,21-22,30H. The summed E-state index contributed by atoms with van der Waals surface area (Å²) < 4.78 is 40.5. The summed E-state index contributed by atoms with van der Waals surface area (Å²) in [4.78, 5) is 8.03. The first-order valence-electron chi connectivity index (χ1n) is 9.26. The molecule has 0 radical (unpaired) electrons. The molecule has 2 aromatic heterocycles. The average Bonchev–Trinajstić information content (AvgIpc) is 3.29. The lowest BCUT2D eigenvalue weighted by atomic mass is 9.93. The average molecular weight is 409 g/mol. The quantitative estimate of drug-likeness (QED) is 0.488. The molecule has 1 N–H and O–H groups in total. The molecule has 0 aliphatic carbocycles. The minimum Gasteiger partial charge on any atom is -0.386 e. The summed E-state index contributed by atoms with van der Waals surface area (Å²) in [5, 5.41) is 11.1. The molecular weight excluding hydrogens is 391 g/mol. The van der Waals surface area contributed by atoms with Crippen LogP contribution in [0.25, 0.3) is 11.1 Å². The van der Waals surface area contributed by atoms with Crippen LogP contribution in [0.15, 0.2) is 91.8 Å². The van der Waals surface area contributed by atoms with E-state index in [9.17, 15) is 18.3 Å². The van der Waals surface area contributed by atoms with E-state index in [-0.39, 0.29) is 0 Å². The third kappa shape index (κ3) is 4.11. The Hall–Kier alpha value is -3.45. The van der Waals surface area contributed by atoms with Gasteiger partial charge in [0.25, 0.3) is 0 Å².